The lowest BCUT2D eigenvalue weighted by Crippen LogP contribution is -2.41. The zero-order chi connectivity index (χ0) is 16.3. The summed E-state index contributed by atoms with van der Waals surface area (Å²) in [5, 5.41) is 2.72. The Morgan fingerprint density at radius 1 is 1.36 bits per heavy atom. The monoisotopic (exact) mass is 308 g/mol. The minimum atomic E-state index is -0.499. The van der Waals surface area contributed by atoms with Gasteiger partial charge in [-0.15, -0.1) is 0 Å². The second-order valence-electron chi connectivity index (χ2n) is 6.24. The third-order valence-electron chi connectivity index (χ3n) is 3.40. The number of anilines is 1. The van der Waals surface area contributed by atoms with Crippen molar-refractivity contribution in [2.24, 2.45) is 5.41 Å². The molecule has 1 aliphatic rings. The minimum Gasteiger partial charge on any atom is -0.489 e. The molecule has 2 amide bonds. The summed E-state index contributed by atoms with van der Waals surface area (Å²) in [5.41, 5.74) is -0.318. The van der Waals surface area contributed by atoms with Crippen LogP contribution in [0.2, 0.25) is 0 Å². The standard InChI is InChI=1S/C16H21FN2O3/c1-16(2,3)15(21)18-8-7-13(20)19-9-10-22-12-6-4-5-11(17)14(12)19/h4-6H,7-10H2,1-3H3,(H,18,21). The van der Waals surface area contributed by atoms with Crippen molar-refractivity contribution >= 4 is 17.5 Å². The van der Waals surface area contributed by atoms with Crippen molar-refractivity contribution in [3.8, 4) is 5.75 Å². The molecular weight excluding hydrogens is 287 g/mol. The second-order valence-corrected chi connectivity index (χ2v) is 6.24. The van der Waals surface area contributed by atoms with E-state index in [1.54, 1.807) is 32.9 Å². The van der Waals surface area contributed by atoms with Gasteiger partial charge >= 0.3 is 0 Å². The lowest BCUT2D eigenvalue weighted by molar-refractivity contribution is -0.128. The summed E-state index contributed by atoms with van der Waals surface area (Å²) in [6.45, 7) is 6.28. The van der Waals surface area contributed by atoms with E-state index < -0.39 is 11.2 Å². The molecule has 1 aromatic carbocycles. The first-order valence-electron chi connectivity index (χ1n) is 7.30. The van der Waals surface area contributed by atoms with E-state index in [-0.39, 0.29) is 30.5 Å². The molecule has 1 heterocycles. The highest BCUT2D eigenvalue weighted by atomic mass is 19.1. The number of benzene rings is 1. The third-order valence-corrected chi connectivity index (χ3v) is 3.40. The Morgan fingerprint density at radius 2 is 2.09 bits per heavy atom. The number of fused-ring (bicyclic) bond motifs is 1. The molecule has 120 valence electrons. The van der Waals surface area contributed by atoms with E-state index in [0.29, 0.717) is 18.9 Å². The summed E-state index contributed by atoms with van der Waals surface area (Å²) in [4.78, 5) is 25.4. The predicted octanol–water partition coefficient (Wildman–Crippen LogP) is 2.10. The van der Waals surface area contributed by atoms with Crippen LogP contribution < -0.4 is 15.0 Å². The van der Waals surface area contributed by atoms with Crippen LogP contribution in [0.25, 0.3) is 0 Å². The Labute approximate surface area is 129 Å². The zero-order valence-corrected chi connectivity index (χ0v) is 13.1. The van der Waals surface area contributed by atoms with E-state index in [1.165, 1.54) is 11.0 Å². The molecule has 0 aliphatic carbocycles. The molecule has 6 heteroatoms. The average molecular weight is 308 g/mol. The van der Waals surface area contributed by atoms with Crippen LogP contribution in [-0.4, -0.2) is 31.5 Å². The average Bonchev–Trinajstić information content (AvgIpc) is 2.45. The normalized spacial score (nSPS) is 14.1. The van der Waals surface area contributed by atoms with Gasteiger partial charge in [0.2, 0.25) is 11.8 Å². The minimum absolute atomic E-state index is 0.117. The Balaban J connectivity index is 1.99. The van der Waals surface area contributed by atoms with Crippen molar-refractivity contribution in [3.63, 3.8) is 0 Å². The van der Waals surface area contributed by atoms with Gasteiger partial charge in [0, 0.05) is 18.4 Å². The lowest BCUT2D eigenvalue weighted by Gasteiger charge is -2.30. The van der Waals surface area contributed by atoms with Crippen LogP contribution in [0.1, 0.15) is 27.2 Å². The van der Waals surface area contributed by atoms with Gasteiger partial charge in [-0.2, -0.15) is 0 Å². The number of halogens is 1. The fourth-order valence-corrected chi connectivity index (χ4v) is 2.17. The topological polar surface area (TPSA) is 58.6 Å². The van der Waals surface area contributed by atoms with Crippen LogP contribution in [0.15, 0.2) is 18.2 Å². The van der Waals surface area contributed by atoms with Gasteiger partial charge in [0.05, 0.1) is 6.54 Å². The van der Waals surface area contributed by atoms with Gasteiger partial charge < -0.3 is 15.0 Å². The highest BCUT2D eigenvalue weighted by molar-refractivity contribution is 5.95. The van der Waals surface area contributed by atoms with Gasteiger partial charge in [-0.1, -0.05) is 26.8 Å². The number of hydrogen-bond acceptors (Lipinski definition) is 3. The molecule has 1 aliphatic heterocycles. The maximum atomic E-state index is 13.9. The Bertz CT molecular complexity index is 581. The Morgan fingerprint density at radius 3 is 2.77 bits per heavy atom. The molecule has 0 atom stereocenters. The second kappa shape index (κ2) is 6.34. The van der Waals surface area contributed by atoms with Crippen molar-refractivity contribution in [3.05, 3.63) is 24.0 Å². The third kappa shape index (κ3) is 3.55. The van der Waals surface area contributed by atoms with Crippen molar-refractivity contribution in [2.45, 2.75) is 27.2 Å². The molecule has 0 radical (unpaired) electrons. The molecule has 1 aromatic rings. The largest absolute Gasteiger partial charge is 0.489 e. The van der Waals surface area contributed by atoms with Gasteiger partial charge in [0.25, 0.3) is 0 Å². The molecule has 0 saturated carbocycles. The van der Waals surface area contributed by atoms with Crippen molar-refractivity contribution in [1.29, 1.82) is 0 Å². The fourth-order valence-electron chi connectivity index (χ4n) is 2.17. The quantitative estimate of drug-likeness (QED) is 0.930. The van der Waals surface area contributed by atoms with Crippen LogP contribution in [0, 0.1) is 11.2 Å². The number of carbonyl (C=O) groups is 2. The molecule has 0 aromatic heterocycles. The molecule has 0 saturated heterocycles. The number of para-hydroxylation sites is 1. The number of amides is 2. The highest BCUT2D eigenvalue weighted by Crippen LogP contribution is 2.34. The molecule has 0 unspecified atom stereocenters. The van der Waals surface area contributed by atoms with E-state index in [1.807, 2.05) is 0 Å². The van der Waals surface area contributed by atoms with Crippen LogP contribution in [0.4, 0.5) is 10.1 Å². The first-order valence-corrected chi connectivity index (χ1v) is 7.30. The van der Waals surface area contributed by atoms with Gasteiger partial charge in [0.15, 0.2) is 5.82 Å². The van der Waals surface area contributed by atoms with Gasteiger partial charge in [-0.3, -0.25) is 9.59 Å². The fraction of sp³-hybridized carbons (Fsp3) is 0.500. The molecule has 0 fully saturated rings. The number of nitrogens with one attached hydrogen (secondary N) is 1. The molecule has 2 rings (SSSR count). The van der Waals surface area contributed by atoms with Gasteiger partial charge in [0.1, 0.15) is 18.0 Å². The zero-order valence-electron chi connectivity index (χ0n) is 13.1. The van der Waals surface area contributed by atoms with Crippen LogP contribution >= 0.6 is 0 Å². The molecule has 0 bridgehead atoms. The smallest absolute Gasteiger partial charge is 0.229 e. The number of rotatable bonds is 3. The van der Waals surface area contributed by atoms with Gasteiger partial charge in [-0.05, 0) is 12.1 Å². The number of ether oxygens (including phenoxy) is 1. The van der Waals surface area contributed by atoms with Crippen LogP contribution in [0.5, 0.6) is 5.75 Å². The number of nitrogens with zero attached hydrogens (tertiary/aromatic N) is 1. The van der Waals surface area contributed by atoms with Crippen molar-refractivity contribution in [1.82, 2.24) is 5.32 Å². The van der Waals surface area contributed by atoms with E-state index in [9.17, 15) is 14.0 Å². The summed E-state index contributed by atoms with van der Waals surface area (Å²) < 4.78 is 19.3. The first kappa shape index (κ1) is 16.3. The lowest BCUT2D eigenvalue weighted by atomic mass is 9.96. The van der Waals surface area contributed by atoms with Crippen molar-refractivity contribution < 1.29 is 18.7 Å². The van der Waals surface area contributed by atoms with Crippen LogP contribution in [0.3, 0.4) is 0 Å². The molecule has 22 heavy (non-hydrogen) atoms. The molecule has 1 N–H and O–H groups in total. The first-order chi connectivity index (χ1) is 10.3. The maximum absolute atomic E-state index is 13.9. The van der Waals surface area contributed by atoms with Crippen molar-refractivity contribution in [2.75, 3.05) is 24.6 Å². The van der Waals surface area contributed by atoms with E-state index in [0.717, 1.165) is 0 Å². The summed E-state index contributed by atoms with van der Waals surface area (Å²) in [6, 6.07) is 4.49. The van der Waals surface area contributed by atoms with Crippen LogP contribution in [-0.2, 0) is 9.59 Å². The summed E-state index contributed by atoms with van der Waals surface area (Å²) in [7, 11) is 0. The summed E-state index contributed by atoms with van der Waals surface area (Å²) >= 11 is 0. The summed E-state index contributed by atoms with van der Waals surface area (Å²) in [5.74, 6) is -0.458. The summed E-state index contributed by atoms with van der Waals surface area (Å²) in [6.07, 6.45) is 0.121. The Hall–Kier alpha value is -2.11. The maximum Gasteiger partial charge on any atom is 0.229 e. The number of hydrogen-bond donors (Lipinski definition) is 1. The highest BCUT2D eigenvalue weighted by Gasteiger charge is 2.27. The molecule has 0 spiro atoms. The van der Waals surface area contributed by atoms with E-state index in [4.69, 9.17) is 4.74 Å². The number of carbonyl (C=O) groups excluding carboxylic acids is 2. The van der Waals surface area contributed by atoms with Gasteiger partial charge in [-0.25, -0.2) is 4.39 Å². The van der Waals surface area contributed by atoms with E-state index >= 15 is 0 Å². The molecule has 5 nitrogen and oxygen atoms in total. The SMILES string of the molecule is CC(C)(C)C(=O)NCCC(=O)N1CCOc2cccc(F)c21. The predicted molar refractivity (Wildman–Crippen MR) is 81.3 cm³/mol. The Kier molecular flexibility index (Phi) is 4.68. The van der Waals surface area contributed by atoms with E-state index in [2.05, 4.69) is 5.32 Å². The molecular formula is C16H21FN2O3.